The van der Waals surface area contributed by atoms with E-state index in [0.29, 0.717) is 0 Å². The third-order valence-corrected chi connectivity index (χ3v) is 9.53. The van der Waals surface area contributed by atoms with Gasteiger partial charge in [0.25, 0.3) is 10.0 Å². The molecule has 3 aromatic rings. The number of aryl methyl sites for hydroxylation is 2. The highest BCUT2D eigenvalue weighted by molar-refractivity contribution is 7.99. The third-order valence-electron chi connectivity index (χ3n) is 6.83. The average Bonchev–Trinajstić information content (AvgIpc) is 2.97. The first-order valence-electron chi connectivity index (χ1n) is 14.0. The topological polar surface area (TPSA) is 121 Å². The van der Waals surface area contributed by atoms with Gasteiger partial charge in [-0.1, -0.05) is 98.5 Å². The summed E-state index contributed by atoms with van der Waals surface area (Å²) < 4.78 is 26.9. The number of rotatable bonds is 18. The number of hydrogen-bond acceptors (Lipinski definition) is 6. The maximum absolute atomic E-state index is 12.4. The van der Waals surface area contributed by atoms with Gasteiger partial charge in [-0.25, -0.2) is 17.9 Å². The Balaban J connectivity index is 1.49. The molecule has 0 fully saturated rings. The van der Waals surface area contributed by atoms with Crippen LogP contribution in [0.4, 0.5) is 0 Å². The lowest BCUT2D eigenvalue weighted by Crippen LogP contribution is -2.31. The van der Waals surface area contributed by atoms with Gasteiger partial charge in [0.15, 0.2) is 6.10 Å². The van der Waals surface area contributed by atoms with E-state index >= 15 is 0 Å². The largest absolute Gasteiger partial charge is 0.479 e. The van der Waals surface area contributed by atoms with Crippen LogP contribution in [-0.4, -0.2) is 42.4 Å². The molecule has 0 saturated heterocycles. The van der Waals surface area contributed by atoms with E-state index in [1.807, 2.05) is 30.3 Å². The second-order valence-corrected chi connectivity index (χ2v) is 12.9. The number of aliphatic hydroxyl groups is 1. The summed E-state index contributed by atoms with van der Waals surface area (Å²) in [6.45, 7) is 0. The summed E-state index contributed by atoms with van der Waals surface area (Å²) in [6.07, 6.45) is 6.74. The number of carbonyl (C=O) groups excluding carboxylic acids is 1. The molecule has 3 N–H and O–H groups in total. The van der Waals surface area contributed by atoms with Gasteiger partial charge >= 0.3 is 5.97 Å². The number of unbranched alkanes of at least 4 members (excludes halogenated alkanes) is 5. The monoisotopic (exact) mass is 597 g/mol. The van der Waals surface area contributed by atoms with E-state index in [-0.39, 0.29) is 17.1 Å². The van der Waals surface area contributed by atoms with Gasteiger partial charge in [-0.05, 0) is 54.5 Å². The van der Waals surface area contributed by atoms with E-state index in [1.54, 1.807) is 18.2 Å². The Morgan fingerprint density at radius 2 is 1.32 bits per heavy atom. The highest BCUT2D eigenvalue weighted by Gasteiger charge is 2.29. The number of nitrogens with one attached hydrogen (secondary N) is 1. The third kappa shape index (κ3) is 11.0. The van der Waals surface area contributed by atoms with Crippen molar-refractivity contribution in [3.8, 4) is 0 Å². The molecule has 0 bridgehead atoms. The molecular weight excluding hydrogens is 558 g/mol. The minimum absolute atomic E-state index is 0.0127. The minimum atomic E-state index is -3.98. The van der Waals surface area contributed by atoms with Crippen LogP contribution in [0.2, 0.25) is 0 Å². The lowest BCUT2D eigenvalue weighted by Gasteiger charge is -2.23. The zero-order valence-electron chi connectivity index (χ0n) is 23.2. The summed E-state index contributed by atoms with van der Waals surface area (Å²) in [6, 6.07) is 25.6. The van der Waals surface area contributed by atoms with E-state index in [0.717, 1.165) is 55.0 Å². The van der Waals surface area contributed by atoms with Crippen LogP contribution < -0.4 is 4.72 Å². The molecule has 3 aromatic carbocycles. The number of amides is 1. The van der Waals surface area contributed by atoms with Crippen LogP contribution in [-0.2, 0) is 32.5 Å². The zero-order chi connectivity index (χ0) is 29.5. The number of hydrogen-bond donors (Lipinski definition) is 3. The van der Waals surface area contributed by atoms with Crippen molar-refractivity contribution in [1.82, 2.24) is 4.72 Å². The Kier molecular flexibility index (Phi) is 13.4. The molecule has 0 aliphatic heterocycles. The van der Waals surface area contributed by atoms with Gasteiger partial charge in [-0.2, -0.15) is 0 Å². The maximum Gasteiger partial charge on any atom is 0.334 e. The average molecular weight is 598 g/mol. The lowest BCUT2D eigenvalue weighted by molar-refractivity contribution is -0.146. The number of aliphatic hydroxyl groups excluding tert-OH is 1. The first-order chi connectivity index (χ1) is 19.8. The molecule has 0 radical (unpaired) electrons. The Labute approximate surface area is 247 Å². The number of carboxylic acid groups (broad SMARTS) is 1. The number of benzene rings is 3. The van der Waals surface area contributed by atoms with E-state index in [1.165, 1.54) is 37.0 Å². The van der Waals surface area contributed by atoms with E-state index in [4.69, 9.17) is 0 Å². The summed E-state index contributed by atoms with van der Waals surface area (Å²) in [5, 5.41) is 19.3. The number of carbonyl (C=O) groups is 2. The molecule has 2 atom stereocenters. The fourth-order valence-corrected chi connectivity index (χ4v) is 6.95. The molecule has 0 aromatic heterocycles. The quantitative estimate of drug-likeness (QED) is 0.156. The van der Waals surface area contributed by atoms with Gasteiger partial charge in [-0.15, -0.1) is 11.8 Å². The van der Waals surface area contributed by atoms with Crippen LogP contribution in [0.25, 0.3) is 0 Å². The van der Waals surface area contributed by atoms with Crippen molar-refractivity contribution in [3.05, 3.63) is 102 Å². The normalized spacial score (nSPS) is 12.9. The molecule has 0 saturated carbocycles. The van der Waals surface area contributed by atoms with Gasteiger partial charge < -0.3 is 10.2 Å². The molecule has 0 spiro atoms. The minimum Gasteiger partial charge on any atom is -0.479 e. The van der Waals surface area contributed by atoms with E-state index < -0.39 is 33.3 Å². The summed E-state index contributed by atoms with van der Waals surface area (Å²) in [4.78, 5) is 24.1. The predicted octanol–water partition coefficient (Wildman–Crippen LogP) is 5.93. The summed E-state index contributed by atoms with van der Waals surface area (Å²) in [7, 11) is -3.98. The van der Waals surface area contributed by atoms with Gasteiger partial charge in [0, 0.05) is 12.2 Å². The van der Waals surface area contributed by atoms with Gasteiger partial charge in [0.1, 0.15) is 0 Å². The predicted molar refractivity (Wildman–Crippen MR) is 163 cm³/mol. The SMILES string of the molecule is O=C(CCSC(c1ccccc1CCCCCCCCc1ccccc1)C(O)C(=O)O)NS(=O)(=O)c1ccccc1. The van der Waals surface area contributed by atoms with Gasteiger partial charge in [-0.3, -0.25) is 4.79 Å². The molecule has 3 rings (SSSR count). The van der Waals surface area contributed by atoms with Crippen molar-refractivity contribution in [2.24, 2.45) is 0 Å². The van der Waals surface area contributed by atoms with Crippen molar-refractivity contribution >= 4 is 33.7 Å². The molecule has 7 nitrogen and oxygen atoms in total. The first-order valence-corrected chi connectivity index (χ1v) is 16.6. The molecule has 9 heteroatoms. The first kappa shape index (κ1) is 32.4. The van der Waals surface area contributed by atoms with Crippen LogP contribution >= 0.6 is 11.8 Å². The van der Waals surface area contributed by atoms with Crippen molar-refractivity contribution < 1.29 is 28.2 Å². The van der Waals surface area contributed by atoms with Crippen molar-refractivity contribution in [2.75, 3.05) is 5.75 Å². The molecule has 0 heterocycles. The van der Waals surface area contributed by atoms with Crippen LogP contribution in [0.3, 0.4) is 0 Å². The second-order valence-electron chi connectivity index (χ2n) is 9.97. The van der Waals surface area contributed by atoms with Gasteiger partial charge in [0.05, 0.1) is 10.1 Å². The molecule has 41 heavy (non-hydrogen) atoms. The Bertz CT molecular complexity index is 1330. The highest BCUT2D eigenvalue weighted by atomic mass is 32.2. The molecule has 0 aliphatic carbocycles. The number of sulfonamides is 1. The van der Waals surface area contributed by atoms with Crippen molar-refractivity contribution in [3.63, 3.8) is 0 Å². The fourth-order valence-electron chi connectivity index (χ4n) is 4.65. The van der Waals surface area contributed by atoms with Crippen LogP contribution in [0.1, 0.15) is 66.9 Å². The smallest absolute Gasteiger partial charge is 0.334 e. The molecule has 2 unspecified atom stereocenters. The summed E-state index contributed by atoms with van der Waals surface area (Å²) in [5.74, 6) is -1.89. The van der Waals surface area contributed by atoms with Crippen LogP contribution in [0.5, 0.6) is 0 Å². The second kappa shape index (κ2) is 17.0. The Morgan fingerprint density at radius 3 is 1.98 bits per heavy atom. The van der Waals surface area contributed by atoms with Crippen molar-refractivity contribution in [2.45, 2.75) is 74.0 Å². The molecular formula is C32H39NO6S2. The maximum atomic E-state index is 12.4. The summed E-state index contributed by atoms with van der Waals surface area (Å²) in [5.41, 5.74) is 3.08. The number of aliphatic carboxylic acids is 1. The van der Waals surface area contributed by atoms with Crippen LogP contribution in [0, 0.1) is 0 Å². The van der Waals surface area contributed by atoms with Gasteiger partial charge in [0.2, 0.25) is 5.91 Å². The molecule has 220 valence electrons. The lowest BCUT2D eigenvalue weighted by atomic mass is 9.96. The van der Waals surface area contributed by atoms with Crippen molar-refractivity contribution in [1.29, 1.82) is 0 Å². The zero-order valence-corrected chi connectivity index (χ0v) is 24.8. The Hall–Kier alpha value is -3.14. The number of thioether (sulfide) groups is 1. The van der Waals surface area contributed by atoms with E-state index in [2.05, 4.69) is 29.0 Å². The standard InChI is InChI=1S/C32H39NO6S2/c34-29(33-41(38,39)27-20-11-6-12-21-27)23-24-40-31(30(35)32(36)37)28-22-14-13-19-26(28)18-10-4-2-1-3-7-15-25-16-8-5-9-17-25/h5-6,8-9,11-14,16-17,19-22,30-31,35H,1-4,7,10,15,18,23-24H2,(H,33,34)(H,36,37). The molecule has 0 aliphatic rings. The fraction of sp³-hybridized carbons (Fsp3) is 0.375. The van der Waals surface area contributed by atoms with E-state index in [9.17, 15) is 28.2 Å². The Morgan fingerprint density at radius 1 is 0.756 bits per heavy atom. The number of carboxylic acids is 1. The van der Waals surface area contributed by atoms with Crippen LogP contribution in [0.15, 0.2) is 89.8 Å². The summed E-state index contributed by atoms with van der Waals surface area (Å²) >= 11 is 1.14. The molecule has 1 amide bonds. The highest BCUT2D eigenvalue weighted by Crippen LogP contribution is 2.35.